The second-order valence-electron chi connectivity index (χ2n) is 5.33. The molecule has 0 unspecified atom stereocenters. The lowest BCUT2D eigenvalue weighted by molar-refractivity contribution is -0.132. The zero-order chi connectivity index (χ0) is 17.5. The Morgan fingerprint density at radius 3 is 2.42 bits per heavy atom. The highest BCUT2D eigenvalue weighted by Crippen LogP contribution is 2.29. The fraction of sp³-hybridized carbons (Fsp3) is 0.222. The van der Waals surface area contributed by atoms with Crippen LogP contribution in [-0.4, -0.2) is 29.8 Å². The molecule has 126 valence electrons. The minimum Gasteiger partial charge on any atom is -0.333 e. The van der Waals surface area contributed by atoms with Gasteiger partial charge in [0.25, 0.3) is 0 Å². The summed E-state index contributed by atoms with van der Waals surface area (Å²) in [4.78, 5) is 25.5. The molecule has 24 heavy (non-hydrogen) atoms. The highest BCUT2D eigenvalue weighted by molar-refractivity contribution is 6.44. The van der Waals surface area contributed by atoms with Crippen molar-refractivity contribution in [1.29, 1.82) is 0 Å². The van der Waals surface area contributed by atoms with Gasteiger partial charge in [-0.05, 0) is 24.1 Å². The standard InChI is InChI=1S/C18H18Cl2N2O2/c1-13(23)22(11-10-14-6-3-2-4-7-14)12-17(24)21-16-9-5-8-15(19)18(16)20/h2-9H,10-12H2,1H3,(H,21,24). The average molecular weight is 365 g/mol. The summed E-state index contributed by atoms with van der Waals surface area (Å²) >= 11 is 12.0. The van der Waals surface area contributed by atoms with E-state index in [2.05, 4.69) is 5.32 Å². The molecule has 2 aromatic carbocycles. The lowest BCUT2D eigenvalue weighted by Crippen LogP contribution is -2.38. The largest absolute Gasteiger partial charge is 0.333 e. The molecule has 2 amide bonds. The lowest BCUT2D eigenvalue weighted by atomic mass is 10.1. The number of hydrogen-bond donors (Lipinski definition) is 1. The predicted molar refractivity (Wildman–Crippen MR) is 97.5 cm³/mol. The molecule has 0 aromatic heterocycles. The number of carbonyl (C=O) groups is 2. The molecule has 6 heteroatoms. The van der Waals surface area contributed by atoms with E-state index in [0.29, 0.717) is 23.7 Å². The molecular weight excluding hydrogens is 347 g/mol. The minimum atomic E-state index is -0.317. The number of nitrogens with zero attached hydrogens (tertiary/aromatic N) is 1. The number of amides is 2. The van der Waals surface area contributed by atoms with Crippen LogP contribution in [0.1, 0.15) is 12.5 Å². The Balaban J connectivity index is 1.95. The summed E-state index contributed by atoms with van der Waals surface area (Å²) in [6.45, 7) is 1.88. The summed E-state index contributed by atoms with van der Waals surface area (Å²) in [6, 6.07) is 14.8. The maximum Gasteiger partial charge on any atom is 0.244 e. The van der Waals surface area contributed by atoms with Gasteiger partial charge in [0.2, 0.25) is 11.8 Å². The van der Waals surface area contributed by atoms with E-state index in [-0.39, 0.29) is 23.4 Å². The van der Waals surface area contributed by atoms with Gasteiger partial charge < -0.3 is 10.2 Å². The third-order valence-corrected chi connectivity index (χ3v) is 4.34. The maximum atomic E-state index is 12.2. The van der Waals surface area contributed by atoms with Gasteiger partial charge in [0.1, 0.15) is 0 Å². The summed E-state index contributed by atoms with van der Waals surface area (Å²) < 4.78 is 0. The Morgan fingerprint density at radius 2 is 1.75 bits per heavy atom. The van der Waals surface area contributed by atoms with E-state index in [0.717, 1.165) is 5.56 Å². The number of benzene rings is 2. The molecule has 0 radical (unpaired) electrons. The van der Waals surface area contributed by atoms with Gasteiger partial charge in [0.15, 0.2) is 0 Å². The molecule has 0 atom stereocenters. The van der Waals surface area contributed by atoms with E-state index in [1.807, 2.05) is 30.3 Å². The highest BCUT2D eigenvalue weighted by Gasteiger charge is 2.15. The number of anilines is 1. The topological polar surface area (TPSA) is 49.4 Å². The number of halogens is 2. The molecule has 4 nitrogen and oxygen atoms in total. The van der Waals surface area contributed by atoms with Gasteiger partial charge in [-0.3, -0.25) is 9.59 Å². The van der Waals surface area contributed by atoms with Gasteiger partial charge in [-0.15, -0.1) is 0 Å². The fourth-order valence-corrected chi connectivity index (χ4v) is 2.57. The van der Waals surface area contributed by atoms with Crippen molar-refractivity contribution in [2.75, 3.05) is 18.4 Å². The first-order valence-electron chi connectivity index (χ1n) is 7.50. The second-order valence-corrected chi connectivity index (χ2v) is 6.11. The normalized spacial score (nSPS) is 10.3. The molecule has 1 N–H and O–H groups in total. The molecule has 0 spiro atoms. The third-order valence-electron chi connectivity index (χ3n) is 3.52. The van der Waals surface area contributed by atoms with Gasteiger partial charge in [0.05, 0.1) is 22.3 Å². The molecule has 2 aromatic rings. The summed E-state index contributed by atoms with van der Waals surface area (Å²) in [5, 5.41) is 3.33. The smallest absolute Gasteiger partial charge is 0.244 e. The Labute approximate surface area is 151 Å². The van der Waals surface area contributed by atoms with Crippen molar-refractivity contribution in [2.45, 2.75) is 13.3 Å². The monoisotopic (exact) mass is 364 g/mol. The Kier molecular flexibility index (Phi) is 6.64. The van der Waals surface area contributed by atoms with Gasteiger partial charge in [-0.1, -0.05) is 59.6 Å². The molecule has 2 rings (SSSR count). The van der Waals surface area contributed by atoms with E-state index < -0.39 is 0 Å². The van der Waals surface area contributed by atoms with E-state index in [1.54, 1.807) is 18.2 Å². The van der Waals surface area contributed by atoms with Crippen LogP contribution in [0.4, 0.5) is 5.69 Å². The van der Waals surface area contributed by atoms with Crippen LogP contribution in [0.3, 0.4) is 0 Å². The molecule has 0 saturated heterocycles. The first-order chi connectivity index (χ1) is 11.5. The Bertz CT molecular complexity index is 720. The van der Waals surface area contributed by atoms with Crippen LogP contribution >= 0.6 is 23.2 Å². The van der Waals surface area contributed by atoms with Crippen molar-refractivity contribution in [3.63, 3.8) is 0 Å². The zero-order valence-electron chi connectivity index (χ0n) is 13.3. The third kappa shape index (κ3) is 5.25. The summed E-state index contributed by atoms with van der Waals surface area (Å²) in [7, 11) is 0. The van der Waals surface area contributed by atoms with Gasteiger partial charge in [0, 0.05) is 13.5 Å². The van der Waals surface area contributed by atoms with Crippen LogP contribution < -0.4 is 5.32 Å². The van der Waals surface area contributed by atoms with Gasteiger partial charge in [-0.2, -0.15) is 0 Å². The maximum absolute atomic E-state index is 12.2. The van der Waals surface area contributed by atoms with E-state index in [9.17, 15) is 9.59 Å². The second kappa shape index (κ2) is 8.71. The first kappa shape index (κ1) is 18.3. The summed E-state index contributed by atoms with van der Waals surface area (Å²) in [6.07, 6.45) is 0.686. The van der Waals surface area contributed by atoms with Crippen LogP contribution in [0, 0.1) is 0 Å². The van der Waals surface area contributed by atoms with Crippen molar-refractivity contribution in [2.24, 2.45) is 0 Å². The van der Waals surface area contributed by atoms with Crippen LogP contribution in [0.5, 0.6) is 0 Å². The molecule has 0 aliphatic rings. The molecular formula is C18H18Cl2N2O2. The van der Waals surface area contributed by atoms with E-state index >= 15 is 0 Å². The molecule has 0 fully saturated rings. The van der Waals surface area contributed by atoms with Crippen LogP contribution in [-0.2, 0) is 16.0 Å². The van der Waals surface area contributed by atoms with Crippen molar-refractivity contribution in [1.82, 2.24) is 4.90 Å². The highest BCUT2D eigenvalue weighted by atomic mass is 35.5. The quantitative estimate of drug-likeness (QED) is 0.841. The Hall–Kier alpha value is -2.04. The zero-order valence-corrected chi connectivity index (χ0v) is 14.8. The SMILES string of the molecule is CC(=O)N(CCc1ccccc1)CC(=O)Nc1cccc(Cl)c1Cl. The molecule has 0 aliphatic heterocycles. The van der Waals surface area contributed by atoms with Crippen molar-refractivity contribution in [3.05, 3.63) is 64.1 Å². The fourth-order valence-electron chi connectivity index (χ4n) is 2.22. The number of carbonyl (C=O) groups excluding carboxylic acids is 2. The van der Waals surface area contributed by atoms with E-state index in [4.69, 9.17) is 23.2 Å². The van der Waals surface area contributed by atoms with Gasteiger partial charge in [-0.25, -0.2) is 0 Å². The van der Waals surface area contributed by atoms with Crippen molar-refractivity contribution < 1.29 is 9.59 Å². The van der Waals surface area contributed by atoms with Crippen LogP contribution in [0.2, 0.25) is 10.0 Å². The number of rotatable bonds is 6. The Morgan fingerprint density at radius 1 is 1.04 bits per heavy atom. The van der Waals surface area contributed by atoms with Crippen LogP contribution in [0.25, 0.3) is 0 Å². The van der Waals surface area contributed by atoms with Gasteiger partial charge >= 0.3 is 0 Å². The summed E-state index contributed by atoms with van der Waals surface area (Å²) in [5.74, 6) is -0.472. The predicted octanol–water partition coefficient (Wildman–Crippen LogP) is 4.02. The number of hydrogen-bond acceptors (Lipinski definition) is 2. The van der Waals surface area contributed by atoms with E-state index in [1.165, 1.54) is 11.8 Å². The summed E-state index contributed by atoms with van der Waals surface area (Å²) in [5.41, 5.74) is 1.54. The average Bonchev–Trinajstić information content (AvgIpc) is 2.56. The molecule has 0 bridgehead atoms. The first-order valence-corrected chi connectivity index (χ1v) is 8.26. The number of nitrogens with one attached hydrogen (secondary N) is 1. The molecule has 0 heterocycles. The van der Waals surface area contributed by atoms with Crippen LogP contribution in [0.15, 0.2) is 48.5 Å². The lowest BCUT2D eigenvalue weighted by Gasteiger charge is -2.21. The minimum absolute atomic E-state index is 0.0367. The molecule has 0 aliphatic carbocycles. The van der Waals surface area contributed by atoms with Crippen molar-refractivity contribution >= 4 is 40.7 Å². The molecule has 0 saturated carbocycles. The van der Waals surface area contributed by atoms with Crippen molar-refractivity contribution in [3.8, 4) is 0 Å².